The van der Waals surface area contributed by atoms with Crippen LogP contribution in [0.4, 0.5) is 0 Å². The average molecular weight is 290 g/mol. The number of hydrogen-bond donors (Lipinski definition) is 1. The molecule has 0 fully saturated rings. The van der Waals surface area contributed by atoms with Crippen LogP contribution >= 0.6 is 11.6 Å². The normalized spacial score (nSPS) is 14.3. The van der Waals surface area contributed by atoms with Crippen LogP contribution in [0.3, 0.4) is 0 Å². The van der Waals surface area contributed by atoms with Crippen molar-refractivity contribution in [1.82, 2.24) is 15.1 Å². The smallest absolute Gasteiger partial charge is 0.0669 e. The highest BCUT2D eigenvalue weighted by Gasteiger charge is 2.19. The minimum Gasteiger partial charge on any atom is -0.312 e. The van der Waals surface area contributed by atoms with Crippen LogP contribution in [-0.4, -0.2) is 16.3 Å². The summed E-state index contributed by atoms with van der Waals surface area (Å²) < 4.78 is 2.21. The Bertz CT molecular complexity index is 587. The fourth-order valence-electron chi connectivity index (χ4n) is 2.85. The zero-order valence-electron chi connectivity index (χ0n) is 11.8. The quantitative estimate of drug-likeness (QED) is 0.938. The Hall–Kier alpha value is -1.32. The Balaban J connectivity index is 1.77. The molecule has 1 aromatic heterocycles. The van der Waals surface area contributed by atoms with Crippen LogP contribution in [0, 0.1) is 0 Å². The summed E-state index contributed by atoms with van der Waals surface area (Å²) in [5.74, 6) is 0. The summed E-state index contributed by atoms with van der Waals surface area (Å²) in [5, 5.41) is 9.03. The third-order valence-electron chi connectivity index (χ3n) is 3.95. The lowest BCUT2D eigenvalue weighted by atomic mass is 10.1. The monoisotopic (exact) mass is 289 g/mol. The number of aryl methyl sites for hydroxylation is 3. The lowest BCUT2D eigenvalue weighted by Crippen LogP contribution is -2.25. The fraction of sp³-hybridized carbons (Fsp3) is 0.438. The van der Waals surface area contributed by atoms with Crippen LogP contribution in [0.5, 0.6) is 0 Å². The van der Waals surface area contributed by atoms with Crippen LogP contribution in [-0.2, 0) is 32.4 Å². The van der Waals surface area contributed by atoms with E-state index in [-0.39, 0.29) is 0 Å². The molecule has 20 heavy (non-hydrogen) atoms. The molecule has 1 N–H and O–H groups in total. The molecule has 2 aromatic rings. The number of rotatable bonds is 4. The Morgan fingerprint density at radius 2 is 2.10 bits per heavy atom. The van der Waals surface area contributed by atoms with Crippen LogP contribution in [0.25, 0.3) is 0 Å². The summed E-state index contributed by atoms with van der Waals surface area (Å²) in [4.78, 5) is 0. The molecule has 1 aliphatic heterocycles. The molecule has 106 valence electrons. The second-order valence-corrected chi connectivity index (χ2v) is 5.69. The summed E-state index contributed by atoms with van der Waals surface area (Å²) in [6.07, 6.45) is 3.10. The van der Waals surface area contributed by atoms with Gasteiger partial charge in [0.25, 0.3) is 0 Å². The maximum absolute atomic E-state index is 5.92. The van der Waals surface area contributed by atoms with Gasteiger partial charge in [-0.15, -0.1) is 0 Å². The van der Waals surface area contributed by atoms with Gasteiger partial charge in [0, 0.05) is 42.3 Å². The second kappa shape index (κ2) is 5.98. The van der Waals surface area contributed by atoms with E-state index >= 15 is 0 Å². The predicted octanol–water partition coefficient (Wildman–Crippen LogP) is 2.99. The molecular formula is C16H20ClN3. The van der Waals surface area contributed by atoms with Gasteiger partial charge in [0.15, 0.2) is 0 Å². The molecular weight excluding hydrogens is 270 g/mol. The lowest BCUT2D eigenvalue weighted by molar-refractivity contribution is 0.550. The second-order valence-electron chi connectivity index (χ2n) is 5.25. The number of aromatic nitrogens is 2. The van der Waals surface area contributed by atoms with E-state index in [1.807, 2.05) is 12.1 Å². The van der Waals surface area contributed by atoms with E-state index in [0.29, 0.717) is 0 Å². The van der Waals surface area contributed by atoms with Crippen molar-refractivity contribution in [2.24, 2.45) is 0 Å². The first kappa shape index (κ1) is 13.7. The fourth-order valence-corrected chi connectivity index (χ4v) is 2.97. The van der Waals surface area contributed by atoms with Gasteiger partial charge < -0.3 is 5.32 Å². The Labute approximate surface area is 124 Å². The molecule has 0 aliphatic carbocycles. The van der Waals surface area contributed by atoms with Crippen LogP contribution in [0.2, 0.25) is 5.02 Å². The highest BCUT2D eigenvalue weighted by atomic mass is 35.5. The molecule has 2 heterocycles. The summed E-state index contributed by atoms with van der Waals surface area (Å²) in [6.45, 7) is 5.16. The van der Waals surface area contributed by atoms with Crippen LogP contribution < -0.4 is 5.32 Å². The number of benzene rings is 1. The van der Waals surface area contributed by atoms with Gasteiger partial charge in [-0.05, 0) is 30.5 Å². The molecule has 0 spiro atoms. The first-order valence-corrected chi connectivity index (χ1v) is 7.68. The van der Waals surface area contributed by atoms with Gasteiger partial charge in [0.2, 0.25) is 0 Å². The third-order valence-corrected chi connectivity index (χ3v) is 4.20. The molecule has 3 rings (SSSR count). The molecule has 4 heteroatoms. The molecule has 0 amide bonds. The zero-order chi connectivity index (χ0) is 13.9. The molecule has 0 bridgehead atoms. The Kier molecular flexibility index (Phi) is 4.08. The molecule has 0 unspecified atom stereocenters. The van der Waals surface area contributed by atoms with E-state index in [2.05, 4.69) is 29.1 Å². The molecule has 1 aliphatic rings. The largest absolute Gasteiger partial charge is 0.312 e. The Morgan fingerprint density at radius 1 is 1.30 bits per heavy atom. The van der Waals surface area contributed by atoms with Crippen LogP contribution in [0.15, 0.2) is 24.3 Å². The zero-order valence-corrected chi connectivity index (χ0v) is 12.6. The van der Waals surface area contributed by atoms with Crippen LogP contribution in [0.1, 0.15) is 29.4 Å². The number of fused-ring (bicyclic) bond motifs is 1. The van der Waals surface area contributed by atoms with E-state index in [0.717, 1.165) is 43.9 Å². The van der Waals surface area contributed by atoms with Crippen molar-refractivity contribution in [3.63, 3.8) is 0 Å². The number of hydrogen-bond acceptors (Lipinski definition) is 2. The van der Waals surface area contributed by atoms with Gasteiger partial charge >= 0.3 is 0 Å². The molecule has 0 radical (unpaired) electrons. The van der Waals surface area contributed by atoms with E-state index in [4.69, 9.17) is 16.7 Å². The van der Waals surface area contributed by atoms with Crippen molar-refractivity contribution < 1.29 is 0 Å². The van der Waals surface area contributed by atoms with Gasteiger partial charge in [-0.2, -0.15) is 5.10 Å². The molecule has 0 saturated carbocycles. The van der Waals surface area contributed by atoms with Crippen molar-refractivity contribution >= 4 is 11.6 Å². The summed E-state index contributed by atoms with van der Waals surface area (Å²) in [7, 11) is 0. The first-order chi connectivity index (χ1) is 9.78. The number of nitrogens with one attached hydrogen (secondary N) is 1. The minimum absolute atomic E-state index is 0.796. The van der Waals surface area contributed by atoms with Crippen molar-refractivity contribution in [2.45, 2.75) is 39.3 Å². The standard InChI is InChI=1S/C16H20ClN3/c1-2-15-14-11-18-9-7-16(14)20(19-15)10-8-12-3-5-13(17)6-4-12/h3-6,18H,2,7-11H2,1H3. The van der Waals surface area contributed by atoms with Gasteiger partial charge in [0.05, 0.1) is 5.69 Å². The number of nitrogens with zero attached hydrogens (tertiary/aromatic N) is 2. The Morgan fingerprint density at radius 3 is 2.85 bits per heavy atom. The van der Waals surface area contributed by atoms with Crippen molar-refractivity contribution in [3.05, 3.63) is 51.8 Å². The summed E-state index contributed by atoms with van der Waals surface area (Å²) in [6, 6.07) is 8.11. The molecule has 0 saturated heterocycles. The first-order valence-electron chi connectivity index (χ1n) is 7.30. The highest BCUT2D eigenvalue weighted by molar-refractivity contribution is 6.30. The van der Waals surface area contributed by atoms with E-state index < -0.39 is 0 Å². The topological polar surface area (TPSA) is 29.9 Å². The van der Waals surface area contributed by atoms with E-state index in [1.165, 1.54) is 22.5 Å². The molecule has 3 nitrogen and oxygen atoms in total. The molecule has 1 aromatic carbocycles. The maximum atomic E-state index is 5.92. The highest BCUT2D eigenvalue weighted by Crippen LogP contribution is 2.19. The third kappa shape index (κ3) is 2.74. The lowest BCUT2D eigenvalue weighted by Gasteiger charge is -2.15. The average Bonchev–Trinajstić information content (AvgIpc) is 2.85. The summed E-state index contributed by atoms with van der Waals surface area (Å²) >= 11 is 5.92. The van der Waals surface area contributed by atoms with Gasteiger partial charge in [-0.3, -0.25) is 4.68 Å². The van der Waals surface area contributed by atoms with Gasteiger partial charge in [-0.25, -0.2) is 0 Å². The van der Waals surface area contributed by atoms with Gasteiger partial charge in [0.1, 0.15) is 0 Å². The van der Waals surface area contributed by atoms with Crippen molar-refractivity contribution in [1.29, 1.82) is 0 Å². The van der Waals surface area contributed by atoms with Crippen molar-refractivity contribution in [2.75, 3.05) is 6.54 Å². The molecule has 0 atom stereocenters. The predicted molar refractivity (Wildman–Crippen MR) is 82.2 cm³/mol. The van der Waals surface area contributed by atoms with E-state index in [1.54, 1.807) is 0 Å². The van der Waals surface area contributed by atoms with Crippen molar-refractivity contribution in [3.8, 4) is 0 Å². The van der Waals surface area contributed by atoms with Gasteiger partial charge in [-0.1, -0.05) is 30.7 Å². The maximum Gasteiger partial charge on any atom is 0.0669 e. The minimum atomic E-state index is 0.796. The number of halogens is 1. The SMILES string of the molecule is CCc1nn(CCc2ccc(Cl)cc2)c2c1CNCC2. The van der Waals surface area contributed by atoms with E-state index in [9.17, 15) is 0 Å². The summed E-state index contributed by atoms with van der Waals surface area (Å²) in [5.41, 5.74) is 5.42.